The number of fused-ring (bicyclic) bond motifs is 2. The summed E-state index contributed by atoms with van der Waals surface area (Å²) in [7, 11) is 3.22. The summed E-state index contributed by atoms with van der Waals surface area (Å²) in [6.07, 6.45) is 3.92. The molecule has 2 bridgehead atoms. The molecule has 5 nitrogen and oxygen atoms in total. The molecule has 0 saturated carbocycles. The molecule has 2 aliphatic rings. The Kier molecular flexibility index (Phi) is 4.52. The predicted molar refractivity (Wildman–Crippen MR) is 84.4 cm³/mol. The molecule has 2 aliphatic heterocycles. The molecule has 5 heteroatoms. The van der Waals surface area contributed by atoms with Crippen LogP contribution in [0.3, 0.4) is 0 Å². The average molecular weight is 304 g/mol. The highest BCUT2D eigenvalue weighted by Gasteiger charge is 2.31. The van der Waals surface area contributed by atoms with E-state index in [2.05, 4.69) is 5.32 Å². The number of likely N-dealkylation sites (tertiary alicyclic amines) is 1. The number of carbonyl (C=O) groups excluding carboxylic acids is 1. The zero-order valence-electron chi connectivity index (χ0n) is 13.3. The smallest absolute Gasteiger partial charge is 0.227 e. The molecule has 0 aromatic heterocycles. The van der Waals surface area contributed by atoms with E-state index in [0.717, 1.165) is 25.1 Å². The number of amides is 1. The lowest BCUT2D eigenvalue weighted by Gasteiger charge is -2.24. The molecule has 22 heavy (non-hydrogen) atoms. The van der Waals surface area contributed by atoms with Gasteiger partial charge in [0.1, 0.15) is 0 Å². The fourth-order valence-electron chi connectivity index (χ4n) is 3.45. The first-order chi connectivity index (χ1) is 10.7. The van der Waals surface area contributed by atoms with Gasteiger partial charge < -0.3 is 19.7 Å². The van der Waals surface area contributed by atoms with E-state index >= 15 is 0 Å². The number of benzene rings is 1. The summed E-state index contributed by atoms with van der Waals surface area (Å²) in [5.74, 6) is 1.56. The van der Waals surface area contributed by atoms with Gasteiger partial charge in [-0.3, -0.25) is 4.79 Å². The molecule has 0 aliphatic carbocycles. The highest BCUT2D eigenvalue weighted by Crippen LogP contribution is 2.28. The van der Waals surface area contributed by atoms with Gasteiger partial charge in [-0.1, -0.05) is 6.07 Å². The van der Waals surface area contributed by atoms with Crippen LogP contribution in [0.4, 0.5) is 0 Å². The van der Waals surface area contributed by atoms with E-state index in [1.54, 1.807) is 14.2 Å². The quantitative estimate of drug-likeness (QED) is 0.918. The molecule has 1 aromatic carbocycles. The van der Waals surface area contributed by atoms with Crippen LogP contribution >= 0.6 is 0 Å². The van der Waals surface area contributed by atoms with Crippen molar-refractivity contribution in [2.24, 2.45) is 0 Å². The lowest BCUT2D eigenvalue weighted by atomic mass is 10.1. The number of methoxy groups -OCH3 is 2. The molecular formula is C17H24N2O3. The summed E-state index contributed by atoms with van der Waals surface area (Å²) >= 11 is 0. The van der Waals surface area contributed by atoms with Gasteiger partial charge in [-0.25, -0.2) is 0 Å². The van der Waals surface area contributed by atoms with Crippen LogP contribution in [0.5, 0.6) is 11.5 Å². The maximum atomic E-state index is 12.6. The maximum Gasteiger partial charge on any atom is 0.227 e. The highest BCUT2D eigenvalue weighted by molar-refractivity contribution is 5.79. The van der Waals surface area contributed by atoms with Crippen molar-refractivity contribution < 1.29 is 14.3 Å². The number of carbonyl (C=O) groups is 1. The van der Waals surface area contributed by atoms with Crippen molar-refractivity contribution in [2.45, 2.75) is 37.8 Å². The fraction of sp³-hybridized carbons (Fsp3) is 0.588. The van der Waals surface area contributed by atoms with E-state index in [1.807, 2.05) is 23.1 Å². The van der Waals surface area contributed by atoms with Gasteiger partial charge in [-0.05, 0) is 37.0 Å². The van der Waals surface area contributed by atoms with Gasteiger partial charge in [-0.2, -0.15) is 0 Å². The first kappa shape index (κ1) is 15.2. The average Bonchev–Trinajstić information content (AvgIpc) is 2.86. The summed E-state index contributed by atoms with van der Waals surface area (Å²) in [6.45, 7) is 1.70. The van der Waals surface area contributed by atoms with Crippen LogP contribution in [0.25, 0.3) is 0 Å². The maximum absolute atomic E-state index is 12.6. The normalized spacial score (nSPS) is 24.0. The van der Waals surface area contributed by atoms with Crippen molar-refractivity contribution >= 4 is 5.91 Å². The minimum atomic E-state index is 0.196. The van der Waals surface area contributed by atoms with Gasteiger partial charge in [0.2, 0.25) is 5.91 Å². The predicted octanol–water partition coefficient (Wildman–Crippen LogP) is 1.60. The molecule has 2 saturated heterocycles. The molecule has 2 unspecified atom stereocenters. The van der Waals surface area contributed by atoms with E-state index < -0.39 is 0 Å². The Morgan fingerprint density at radius 2 is 1.95 bits per heavy atom. The van der Waals surface area contributed by atoms with Crippen LogP contribution in [0.2, 0.25) is 0 Å². The van der Waals surface area contributed by atoms with Crippen LogP contribution in [-0.2, 0) is 11.2 Å². The van der Waals surface area contributed by atoms with Crippen molar-refractivity contribution in [1.82, 2.24) is 10.2 Å². The van der Waals surface area contributed by atoms with E-state index in [9.17, 15) is 4.79 Å². The van der Waals surface area contributed by atoms with E-state index in [-0.39, 0.29) is 5.91 Å². The third-order valence-corrected chi connectivity index (χ3v) is 4.68. The zero-order valence-corrected chi connectivity index (χ0v) is 13.3. The third-order valence-electron chi connectivity index (χ3n) is 4.68. The van der Waals surface area contributed by atoms with E-state index in [1.165, 1.54) is 12.8 Å². The first-order valence-corrected chi connectivity index (χ1v) is 7.94. The van der Waals surface area contributed by atoms with Gasteiger partial charge in [0.15, 0.2) is 11.5 Å². The Labute approximate surface area is 131 Å². The zero-order chi connectivity index (χ0) is 15.5. The minimum absolute atomic E-state index is 0.196. The summed E-state index contributed by atoms with van der Waals surface area (Å²) in [5, 5.41) is 3.60. The molecule has 2 fully saturated rings. The summed E-state index contributed by atoms with van der Waals surface area (Å²) in [4.78, 5) is 14.6. The van der Waals surface area contributed by atoms with Gasteiger partial charge in [0.05, 0.1) is 20.6 Å². The molecule has 2 atom stereocenters. The molecule has 120 valence electrons. The second-order valence-corrected chi connectivity index (χ2v) is 6.13. The lowest BCUT2D eigenvalue weighted by molar-refractivity contribution is -0.130. The highest BCUT2D eigenvalue weighted by atomic mass is 16.5. The van der Waals surface area contributed by atoms with Crippen molar-refractivity contribution in [1.29, 1.82) is 0 Å². The van der Waals surface area contributed by atoms with Gasteiger partial charge in [0.25, 0.3) is 0 Å². The van der Waals surface area contributed by atoms with Gasteiger partial charge in [-0.15, -0.1) is 0 Å². The molecule has 3 rings (SSSR count). The second-order valence-electron chi connectivity index (χ2n) is 6.13. The van der Waals surface area contributed by atoms with Crippen molar-refractivity contribution in [3.05, 3.63) is 23.8 Å². The van der Waals surface area contributed by atoms with Gasteiger partial charge >= 0.3 is 0 Å². The molecule has 0 radical (unpaired) electrons. The standard InChI is InChI=1S/C17H24N2O3/c1-21-15-6-3-12(9-16(15)22-2)10-17(20)19-8-7-13-4-5-14(11-19)18-13/h3,6,9,13-14,18H,4-5,7-8,10-11H2,1-2H3. The Hall–Kier alpha value is -1.75. The molecule has 1 aromatic rings. The number of ether oxygens (including phenoxy) is 2. The van der Waals surface area contributed by atoms with Gasteiger partial charge in [0, 0.05) is 25.2 Å². The van der Waals surface area contributed by atoms with Crippen LogP contribution in [-0.4, -0.2) is 50.2 Å². The fourth-order valence-corrected chi connectivity index (χ4v) is 3.45. The summed E-state index contributed by atoms with van der Waals surface area (Å²) in [6, 6.07) is 6.75. The van der Waals surface area contributed by atoms with E-state index in [4.69, 9.17) is 9.47 Å². The second kappa shape index (κ2) is 6.57. The Balaban J connectivity index is 1.66. The molecular weight excluding hydrogens is 280 g/mol. The van der Waals surface area contributed by atoms with Crippen LogP contribution in [0.1, 0.15) is 24.8 Å². The van der Waals surface area contributed by atoms with Crippen LogP contribution in [0, 0.1) is 0 Å². The molecule has 1 amide bonds. The topological polar surface area (TPSA) is 50.8 Å². The Bertz CT molecular complexity index is 547. The Morgan fingerprint density at radius 1 is 1.18 bits per heavy atom. The van der Waals surface area contributed by atoms with Crippen molar-refractivity contribution in [3.63, 3.8) is 0 Å². The van der Waals surface area contributed by atoms with Crippen molar-refractivity contribution in [2.75, 3.05) is 27.3 Å². The van der Waals surface area contributed by atoms with Crippen molar-refractivity contribution in [3.8, 4) is 11.5 Å². The van der Waals surface area contributed by atoms with E-state index in [0.29, 0.717) is 30.0 Å². The number of nitrogens with one attached hydrogen (secondary N) is 1. The largest absolute Gasteiger partial charge is 0.493 e. The first-order valence-electron chi connectivity index (χ1n) is 7.94. The molecule has 2 heterocycles. The minimum Gasteiger partial charge on any atom is -0.493 e. The number of rotatable bonds is 4. The Morgan fingerprint density at radius 3 is 2.73 bits per heavy atom. The SMILES string of the molecule is COc1ccc(CC(=O)N2CCC3CCC(C2)N3)cc1OC. The number of hydrogen-bond acceptors (Lipinski definition) is 4. The number of hydrogen-bond donors (Lipinski definition) is 1. The van der Waals surface area contributed by atoms with Crippen LogP contribution < -0.4 is 14.8 Å². The third kappa shape index (κ3) is 3.19. The van der Waals surface area contributed by atoms with Crippen LogP contribution in [0.15, 0.2) is 18.2 Å². The number of nitrogens with zero attached hydrogens (tertiary/aromatic N) is 1. The molecule has 1 N–H and O–H groups in total. The lowest BCUT2D eigenvalue weighted by Crippen LogP contribution is -2.39. The summed E-state index contributed by atoms with van der Waals surface area (Å²) < 4.78 is 10.5. The monoisotopic (exact) mass is 304 g/mol. The summed E-state index contributed by atoms with van der Waals surface area (Å²) in [5.41, 5.74) is 0.963. The molecule has 0 spiro atoms.